The van der Waals surface area contributed by atoms with E-state index in [1.165, 1.54) is 6.42 Å². The zero-order valence-electron chi connectivity index (χ0n) is 6.06. The van der Waals surface area contributed by atoms with E-state index in [0.29, 0.717) is 0 Å². The van der Waals surface area contributed by atoms with E-state index in [9.17, 15) is 0 Å². The van der Waals surface area contributed by atoms with Gasteiger partial charge in [0.05, 0.1) is 0 Å². The molecule has 0 heterocycles. The van der Waals surface area contributed by atoms with Crippen LogP contribution < -0.4 is 0 Å². The summed E-state index contributed by atoms with van der Waals surface area (Å²) in [6.45, 7) is 7.20. The number of allylic oxidation sites excluding steroid dienone is 3. The normalized spacial score (nSPS) is 7.67. The maximum Gasteiger partial charge on any atom is 2.00 e. The van der Waals surface area contributed by atoms with Crippen molar-refractivity contribution in [3.8, 4) is 0 Å². The SMILES string of the molecule is [CH-]=C/C=C/CCC.[CH3-].[Co+2]. The van der Waals surface area contributed by atoms with E-state index in [-0.39, 0.29) is 24.2 Å². The molecule has 0 bridgehead atoms. The minimum absolute atomic E-state index is 0. The van der Waals surface area contributed by atoms with Crippen molar-refractivity contribution in [2.45, 2.75) is 19.8 Å². The standard InChI is InChI=1S/C7H11.CH3.Co/c1-3-5-7-6-4-2;;/h1,3,5,7H,4,6H2,2H3;1H3;/q2*-1;+2/b7-5+;;. The summed E-state index contributed by atoms with van der Waals surface area (Å²) in [5.41, 5.74) is 0. The van der Waals surface area contributed by atoms with Crippen molar-refractivity contribution in [1.29, 1.82) is 0 Å². The first kappa shape index (κ1) is 16.0. The van der Waals surface area contributed by atoms with Crippen molar-refractivity contribution >= 4 is 0 Å². The molecule has 0 fully saturated rings. The van der Waals surface area contributed by atoms with Gasteiger partial charge in [0.1, 0.15) is 0 Å². The molecule has 0 saturated heterocycles. The van der Waals surface area contributed by atoms with E-state index in [4.69, 9.17) is 6.58 Å². The van der Waals surface area contributed by atoms with Gasteiger partial charge in [-0.05, 0) is 0 Å². The van der Waals surface area contributed by atoms with Crippen molar-refractivity contribution in [2.24, 2.45) is 0 Å². The van der Waals surface area contributed by atoms with Gasteiger partial charge in [-0.15, -0.1) is 0 Å². The summed E-state index contributed by atoms with van der Waals surface area (Å²) in [6.07, 6.45) is 7.80. The minimum Gasteiger partial charge on any atom is -0.358 e. The van der Waals surface area contributed by atoms with Gasteiger partial charge >= 0.3 is 16.8 Å². The topological polar surface area (TPSA) is 0 Å². The number of unbranched alkanes of at least 4 members (excludes halogenated alkanes) is 1. The maximum absolute atomic E-state index is 5.06. The van der Waals surface area contributed by atoms with Crippen LogP contribution >= 0.6 is 0 Å². The van der Waals surface area contributed by atoms with E-state index >= 15 is 0 Å². The number of rotatable bonds is 3. The third-order valence-electron chi connectivity index (χ3n) is 0.703. The minimum atomic E-state index is 0. The zero-order valence-corrected chi connectivity index (χ0v) is 7.10. The van der Waals surface area contributed by atoms with Crippen molar-refractivity contribution < 1.29 is 16.8 Å². The first-order chi connectivity index (χ1) is 3.41. The fourth-order valence-electron chi connectivity index (χ4n) is 0.341. The number of hydrogen-bond acceptors (Lipinski definition) is 0. The number of hydrogen-bond donors (Lipinski definition) is 0. The van der Waals surface area contributed by atoms with E-state index in [1.807, 2.05) is 6.08 Å². The quantitative estimate of drug-likeness (QED) is 0.450. The van der Waals surface area contributed by atoms with Crippen LogP contribution in [0.1, 0.15) is 19.8 Å². The van der Waals surface area contributed by atoms with Crippen LogP contribution in [0, 0.1) is 14.0 Å². The Kier molecular flexibility index (Phi) is 27.9. The molecule has 9 heavy (non-hydrogen) atoms. The van der Waals surface area contributed by atoms with Crippen molar-refractivity contribution in [3.63, 3.8) is 0 Å². The summed E-state index contributed by atoms with van der Waals surface area (Å²) in [5.74, 6) is 0. The molecular weight excluding hydrogens is 155 g/mol. The molecule has 0 nitrogen and oxygen atoms in total. The summed E-state index contributed by atoms with van der Waals surface area (Å²) in [4.78, 5) is 0. The zero-order chi connectivity index (χ0) is 5.54. The molecule has 0 aliphatic carbocycles. The second-order valence-electron chi connectivity index (χ2n) is 1.41. The Hall–Kier alpha value is -0.0135. The molecule has 0 aromatic heterocycles. The fourth-order valence-corrected chi connectivity index (χ4v) is 0.341. The van der Waals surface area contributed by atoms with Crippen LogP contribution in [0.15, 0.2) is 18.2 Å². The average Bonchev–Trinajstić information content (AvgIpc) is 1.69. The van der Waals surface area contributed by atoms with Crippen molar-refractivity contribution in [1.82, 2.24) is 0 Å². The van der Waals surface area contributed by atoms with Crippen LogP contribution in [0.5, 0.6) is 0 Å². The predicted octanol–water partition coefficient (Wildman–Crippen LogP) is 2.78. The second-order valence-corrected chi connectivity index (χ2v) is 1.41. The van der Waals surface area contributed by atoms with Gasteiger partial charge < -0.3 is 7.43 Å². The Labute approximate surface area is 69.2 Å². The van der Waals surface area contributed by atoms with Crippen molar-refractivity contribution in [2.75, 3.05) is 0 Å². The molecule has 0 aromatic rings. The van der Waals surface area contributed by atoms with Gasteiger partial charge in [-0.3, -0.25) is 6.58 Å². The molecule has 1 heteroatoms. The molecule has 0 N–H and O–H groups in total. The molecule has 0 aliphatic rings. The van der Waals surface area contributed by atoms with Gasteiger partial charge in [0.2, 0.25) is 0 Å². The first-order valence-electron chi connectivity index (χ1n) is 2.62. The van der Waals surface area contributed by atoms with E-state index < -0.39 is 0 Å². The fraction of sp³-hybridized carbons (Fsp3) is 0.375. The Bertz CT molecular complexity index is 65.0. The van der Waals surface area contributed by atoms with Gasteiger partial charge in [-0.2, -0.15) is 6.08 Å². The largest absolute Gasteiger partial charge is 2.00 e. The van der Waals surface area contributed by atoms with Crippen molar-refractivity contribution in [3.05, 3.63) is 32.2 Å². The monoisotopic (exact) mass is 169 g/mol. The molecule has 0 aliphatic heterocycles. The Morgan fingerprint density at radius 2 is 2.00 bits per heavy atom. The van der Waals surface area contributed by atoms with E-state index in [2.05, 4.69) is 13.0 Å². The molecule has 0 unspecified atom stereocenters. The van der Waals surface area contributed by atoms with E-state index in [1.54, 1.807) is 6.08 Å². The Morgan fingerprint density at radius 3 is 2.33 bits per heavy atom. The van der Waals surface area contributed by atoms with Gasteiger partial charge in [0.15, 0.2) is 0 Å². The molecule has 0 amide bonds. The smallest absolute Gasteiger partial charge is 0.358 e. The van der Waals surface area contributed by atoms with Crippen LogP contribution in [0.3, 0.4) is 0 Å². The first-order valence-corrected chi connectivity index (χ1v) is 2.62. The molecule has 0 spiro atoms. The summed E-state index contributed by atoms with van der Waals surface area (Å²) in [6, 6.07) is 0. The second kappa shape index (κ2) is 15.7. The third kappa shape index (κ3) is 18.0. The molecule has 55 valence electrons. The molecular formula is C8H14Co. The predicted molar refractivity (Wildman–Crippen MR) is 39.3 cm³/mol. The molecule has 0 rings (SSSR count). The Morgan fingerprint density at radius 1 is 1.44 bits per heavy atom. The maximum atomic E-state index is 5.06. The average molecular weight is 169 g/mol. The Balaban J connectivity index is -0.000000180. The third-order valence-corrected chi connectivity index (χ3v) is 0.703. The van der Waals surface area contributed by atoms with Crippen LogP contribution in [0.25, 0.3) is 0 Å². The summed E-state index contributed by atoms with van der Waals surface area (Å²) in [7, 11) is 0. The molecule has 0 atom stereocenters. The summed E-state index contributed by atoms with van der Waals surface area (Å²) in [5, 5.41) is 0. The molecule has 1 radical (unpaired) electrons. The van der Waals surface area contributed by atoms with Crippen LogP contribution in [-0.4, -0.2) is 0 Å². The molecule has 0 saturated carbocycles. The van der Waals surface area contributed by atoms with Gasteiger partial charge in [-0.25, -0.2) is 12.2 Å². The van der Waals surface area contributed by atoms with Crippen LogP contribution in [0.4, 0.5) is 0 Å². The van der Waals surface area contributed by atoms with Crippen LogP contribution in [-0.2, 0) is 16.8 Å². The van der Waals surface area contributed by atoms with Gasteiger partial charge in [0, 0.05) is 0 Å². The van der Waals surface area contributed by atoms with Gasteiger partial charge in [0.25, 0.3) is 0 Å². The van der Waals surface area contributed by atoms with Crippen LogP contribution in [0.2, 0.25) is 0 Å². The molecule has 0 aromatic carbocycles. The van der Waals surface area contributed by atoms with E-state index in [0.717, 1.165) is 6.42 Å². The summed E-state index contributed by atoms with van der Waals surface area (Å²) < 4.78 is 0. The summed E-state index contributed by atoms with van der Waals surface area (Å²) >= 11 is 0. The van der Waals surface area contributed by atoms with Gasteiger partial charge in [-0.1, -0.05) is 19.8 Å².